The molecule has 9 nitrogen and oxygen atoms in total. The van der Waals surface area contributed by atoms with Crippen LogP contribution in [0.2, 0.25) is 0 Å². The first-order chi connectivity index (χ1) is 8.34. The summed E-state index contributed by atoms with van der Waals surface area (Å²) in [6.07, 6.45) is -1.55. The number of nitrogens with zero attached hydrogens (tertiary/aromatic N) is 2. The number of rotatable bonds is 5. The van der Waals surface area contributed by atoms with Gasteiger partial charge in [0.05, 0.1) is 15.8 Å². The van der Waals surface area contributed by atoms with Crippen LogP contribution in [-0.2, 0) is 4.79 Å². The minimum atomic E-state index is -1.64. The van der Waals surface area contributed by atoms with Crippen LogP contribution in [0.1, 0.15) is 6.92 Å². The van der Waals surface area contributed by atoms with Gasteiger partial charge in [0, 0.05) is 12.1 Å². The van der Waals surface area contributed by atoms with E-state index in [2.05, 4.69) is 0 Å². The van der Waals surface area contributed by atoms with Crippen LogP contribution >= 0.6 is 0 Å². The highest BCUT2D eigenvalue weighted by atomic mass is 16.6. The Morgan fingerprint density at radius 2 is 1.67 bits per heavy atom. The van der Waals surface area contributed by atoms with Gasteiger partial charge >= 0.3 is 11.4 Å². The number of aliphatic carboxylic acids is 1. The third kappa shape index (κ3) is 2.70. The summed E-state index contributed by atoms with van der Waals surface area (Å²) in [5.41, 5.74) is -1.37. The molecule has 0 N–H and O–H groups in total. The minimum Gasteiger partial charge on any atom is -0.546 e. The number of benzene rings is 1. The smallest absolute Gasteiger partial charge is 0.318 e. The summed E-state index contributed by atoms with van der Waals surface area (Å²) in [5, 5.41) is 31.9. The second-order valence-corrected chi connectivity index (χ2v) is 3.22. The van der Waals surface area contributed by atoms with Crippen molar-refractivity contribution >= 4 is 17.3 Å². The van der Waals surface area contributed by atoms with Gasteiger partial charge in [0.2, 0.25) is 0 Å². The molecule has 1 aromatic carbocycles. The van der Waals surface area contributed by atoms with Gasteiger partial charge in [-0.25, -0.2) is 0 Å². The van der Waals surface area contributed by atoms with Crippen LogP contribution in [0.3, 0.4) is 0 Å². The van der Waals surface area contributed by atoms with E-state index < -0.39 is 39.0 Å². The highest BCUT2D eigenvalue weighted by Gasteiger charge is 2.28. The maximum absolute atomic E-state index is 10.7. The van der Waals surface area contributed by atoms with Crippen molar-refractivity contribution < 1.29 is 24.5 Å². The van der Waals surface area contributed by atoms with Crippen molar-refractivity contribution in [2.24, 2.45) is 0 Å². The topological polar surface area (TPSA) is 136 Å². The molecule has 0 heterocycles. The fourth-order valence-corrected chi connectivity index (χ4v) is 1.15. The van der Waals surface area contributed by atoms with Gasteiger partial charge < -0.3 is 14.6 Å². The Balaban J connectivity index is 3.31. The van der Waals surface area contributed by atoms with E-state index in [0.717, 1.165) is 25.1 Å². The van der Waals surface area contributed by atoms with Gasteiger partial charge in [-0.2, -0.15) is 0 Å². The number of para-hydroxylation sites is 1. The quantitative estimate of drug-likeness (QED) is 0.534. The predicted octanol–water partition coefficient (Wildman–Crippen LogP) is 0.0202. The summed E-state index contributed by atoms with van der Waals surface area (Å²) in [7, 11) is 0. The number of nitro groups is 2. The number of hydrogen-bond acceptors (Lipinski definition) is 7. The van der Waals surface area contributed by atoms with Gasteiger partial charge in [0.25, 0.3) is 5.75 Å². The largest absolute Gasteiger partial charge is 0.546 e. The van der Waals surface area contributed by atoms with E-state index in [1.54, 1.807) is 0 Å². The zero-order chi connectivity index (χ0) is 13.9. The summed E-state index contributed by atoms with van der Waals surface area (Å²) in [6, 6.07) is 3.06. The molecule has 1 rings (SSSR count). The van der Waals surface area contributed by atoms with E-state index in [0.29, 0.717) is 0 Å². The molecule has 0 aliphatic rings. The van der Waals surface area contributed by atoms with Gasteiger partial charge in [-0.1, -0.05) is 0 Å². The summed E-state index contributed by atoms with van der Waals surface area (Å²) >= 11 is 0. The second kappa shape index (κ2) is 5.08. The van der Waals surface area contributed by atoms with E-state index in [-0.39, 0.29) is 0 Å². The Kier molecular flexibility index (Phi) is 3.77. The van der Waals surface area contributed by atoms with Crippen LogP contribution in [0, 0.1) is 20.2 Å². The molecule has 0 spiro atoms. The molecule has 1 unspecified atom stereocenters. The van der Waals surface area contributed by atoms with Gasteiger partial charge in [-0.3, -0.25) is 20.2 Å². The maximum Gasteiger partial charge on any atom is 0.318 e. The van der Waals surface area contributed by atoms with E-state index in [4.69, 9.17) is 4.74 Å². The fraction of sp³-hybridized carbons (Fsp3) is 0.222. The molecule has 1 aromatic rings. The molecule has 0 saturated carbocycles. The number of carbonyl (C=O) groups excluding carboxylic acids is 1. The fourth-order valence-electron chi connectivity index (χ4n) is 1.15. The zero-order valence-electron chi connectivity index (χ0n) is 9.06. The molecule has 0 aromatic heterocycles. The Labute approximate surface area is 99.9 Å². The van der Waals surface area contributed by atoms with E-state index >= 15 is 0 Å². The minimum absolute atomic E-state index is 0.683. The molecule has 96 valence electrons. The Morgan fingerprint density at radius 1 is 1.22 bits per heavy atom. The van der Waals surface area contributed by atoms with E-state index in [1.807, 2.05) is 0 Å². The first-order valence-electron chi connectivity index (χ1n) is 4.64. The molecule has 9 heteroatoms. The molecule has 0 aliphatic carbocycles. The van der Waals surface area contributed by atoms with Crippen molar-refractivity contribution in [3.8, 4) is 5.75 Å². The molecular formula is C9H7N2O7-. The number of hydrogen-bond donors (Lipinski definition) is 0. The Hall–Kier alpha value is -2.71. The molecule has 0 fully saturated rings. The Morgan fingerprint density at radius 3 is 2.00 bits per heavy atom. The van der Waals surface area contributed by atoms with Gasteiger partial charge in [0.1, 0.15) is 6.10 Å². The molecule has 0 aliphatic heterocycles. The lowest BCUT2D eigenvalue weighted by Gasteiger charge is -2.14. The van der Waals surface area contributed by atoms with Crippen molar-refractivity contribution in [3.05, 3.63) is 38.4 Å². The van der Waals surface area contributed by atoms with Crippen molar-refractivity contribution in [2.45, 2.75) is 13.0 Å². The van der Waals surface area contributed by atoms with E-state index in [1.165, 1.54) is 0 Å². The van der Waals surface area contributed by atoms with Crippen LogP contribution < -0.4 is 9.84 Å². The second-order valence-electron chi connectivity index (χ2n) is 3.22. The molecule has 0 bridgehead atoms. The average molecular weight is 255 g/mol. The highest BCUT2D eigenvalue weighted by Crippen LogP contribution is 2.36. The highest BCUT2D eigenvalue weighted by molar-refractivity contribution is 5.71. The van der Waals surface area contributed by atoms with E-state index in [9.17, 15) is 30.1 Å². The first-order valence-corrected chi connectivity index (χ1v) is 4.64. The predicted molar refractivity (Wildman–Crippen MR) is 54.8 cm³/mol. The van der Waals surface area contributed by atoms with Crippen LogP contribution in [0.5, 0.6) is 5.75 Å². The van der Waals surface area contributed by atoms with Crippen LogP contribution in [0.4, 0.5) is 11.4 Å². The lowest BCUT2D eigenvalue weighted by atomic mass is 10.2. The lowest BCUT2D eigenvalue weighted by Crippen LogP contribution is -2.37. The van der Waals surface area contributed by atoms with Gasteiger partial charge in [-0.05, 0) is 13.0 Å². The molecule has 18 heavy (non-hydrogen) atoms. The summed E-state index contributed by atoms with van der Waals surface area (Å²) in [4.78, 5) is 30.1. The number of nitro benzene ring substituents is 2. The number of carboxylic acids is 1. The first kappa shape index (κ1) is 13.4. The molecule has 1 atom stereocenters. The molecule has 0 amide bonds. The van der Waals surface area contributed by atoms with Crippen LogP contribution in [0.15, 0.2) is 18.2 Å². The van der Waals surface area contributed by atoms with Crippen LogP contribution in [0.25, 0.3) is 0 Å². The monoisotopic (exact) mass is 255 g/mol. The molecular weight excluding hydrogens is 248 g/mol. The lowest BCUT2D eigenvalue weighted by molar-refractivity contribution is -0.396. The normalized spacial score (nSPS) is 11.6. The summed E-state index contributed by atoms with van der Waals surface area (Å²) < 4.78 is 4.72. The Bertz CT molecular complexity index is 481. The number of carbonyl (C=O) groups is 1. The number of carboxylic acid groups (broad SMARTS) is 1. The third-order valence-corrected chi connectivity index (χ3v) is 1.99. The zero-order valence-corrected chi connectivity index (χ0v) is 9.06. The molecule has 0 saturated heterocycles. The SMILES string of the molecule is CC(Oc1c([N+](=O)[O-])cccc1[N+](=O)[O-])C(=O)[O-]. The van der Waals surface area contributed by atoms with Gasteiger partial charge in [0.15, 0.2) is 0 Å². The van der Waals surface area contributed by atoms with Crippen molar-refractivity contribution in [3.63, 3.8) is 0 Å². The van der Waals surface area contributed by atoms with Crippen LogP contribution in [-0.4, -0.2) is 21.9 Å². The van der Waals surface area contributed by atoms with Crippen molar-refractivity contribution in [1.29, 1.82) is 0 Å². The standard InChI is InChI=1S/C9H8N2O7/c1-5(9(12)13)18-8-6(10(14)15)3-2-4-7(8)11(16)17/h2-5H,1H3,(H,12,13)/p-1. The maximum atomic E-state index is 10.7. The molecule has 0 radical (unpaired) electrons. The summed E-state index contributed by atoms with van der Waals surface area (Å²) in [6.45, 7) is 1.05. The average Bonchev–Trinajstić information content (AvgIpc) is 2.28. The third-order valence-electron chi connectivity index (χ3n) is 1.99. The van der Waals surface area contributed by atoms with Crippen molar-refractivity contribution in [2.75, 3.05) is 0 Å². The van der Waals surface area contributed by atoms with Gasteiger partial charge in [-0.15, -0.1) is 0 Å². The number of ether oxygens (including phenoxy) is 1. The van der Waals surface area contributed by atoms with Crippen molar-refractivity contribution in [1.82, 2.24) is 0 Å². The summed E-state index contributed by atoms with van der Waals surface area (Å²) in [5.74, 6) is -2.34.